The maximum atomic E-state index is 10.0. The quantitative estimate of drug-likeness (QED) is 0.551. The first-order valence-corrected chi connectivity index (χ1v) is 8.98. The lowest BCUT2D eigenvalue weighted by molar-refractivity contribution is -0.306. The average Bonchev–Trinajstić information content (AvgIpc) is 2.54. The molecule has 2 rings (SSSR count). The van der Waals surface area contributed by atoms with Crippen LogP contribution in [0.5, 0.6) is 0 Å². The number of ether oxygens (including phenoxy) is 2. The topological polar surface area (TPSA) is 99.4 Å². The summed E-state index contributed by atoms with van der Waals surface area (Å²) in [6, 6.07) is 0. The summed E-state index contributed by atoms with van der Waals surface area (Å²) in [5.41, 5.74) is 1.52. The Bertz CT molecular complexity index is 498. The van der Waals surface area contributed by atoms with Gasteiger partial charge in [-0.25, -0.2) is 0 Å². The van der Waals surface area contributed by atoms with E-state index >= 15 is 0 Å². The summed E-state index contributed by atoms with van der Waals surface area (Å²) < 4.78 is 11.1. The van der Waals surface area contributed by atoms with E-state index in [1.165, 1.54) is 5.57 Å². The molecule has 1 saturated heterocycles. The molecule has 0 aromatic heterocycles. The Hall–Kier alpha value is -0.760. The first kappa shape index (κ1) is 20.6. The van der Waals surface area contributed by atoms with Crippen molar-refractivity contribution in [2.24, 2.45) is 11.3 Å². The number of allylic oxidation sites excluding steroid dienone is 3. The SMILES string of the molecule is CC1=CCCC(C)(C)[C@@H]1/C=C/[C@H](C)O[C@@H]1O[C@H](CO)[C@@H](O)[C@H](O)[C@H]1O. The van der Waals surface area contributed by atoms with E-state index in [4.69, 9.17) is 9.47 Å². The first-order chi connectivity index (χ1) is 11.7. The van der Waals surface area contributed by atoms with E-state index < -0.39 is 37.3 Å². The van der Waals surface area contributed by atoms with Crippen molar-refractivity contribution in [3.8, 4) is 0 Å². The number of hydrogen-bond acceptors (Lipinski definition) is 6. The van der Waals surface area contributed by atoms with Gasteiger partial charge in [0.1, 0.15) is 24.4 Å². The molecule has 1 fully saturated rings. The minimum atomic E-state index is -1.42. The summed E-state index contributed by atoms with van der Waals surface area (Å²) in [6.07, 6.45) is 1.96. The van der Waals surface area contributed by atoms with Gasteiger partial charge in [0.2, 0.25) is 0 Å². The lowest BCUT2D eigenvalue weighted by Gasteiger charge is -2.40. The largest absolute Gasteiger partial charge is 0.394 e. The van der Waals surface area contributed by atoms with E-state index in [-0.39, 0.29) is 11.5 Å². The van der Waals surface area contributed by atoms with E-state index in [9.17, 15) is 20.4 Å². The number of aliphatic hydroxyl groups is 4. The molecule has 144 valence electrons. The molecule has 0 radical (unpaired) electrons. The second-order valence-electron chi connectivity index (χ2n) is 7.88. The zero-order valence-corrected chi connectivity index (χ0v) is 15.5. The molecule has 6 nitrogen and oxygen atoms in total. The fourth-order valence-electron chi connectivity index (χ4n) is 3.69. The molecule has 1 aliphatic heterocycles. The number of aliphatic hydroxyl groups excluding tert-OH is 4. The minimum absolute atomic E-state index is 0.179. The molecule has 0 aromatic carbocycles. The van der Waals surface area contributed by atoms with Crippen LogP contribution in [0.3, 0.4) is 0 Å². The fraction of sp³-hybridized carbons (Fsp3) is 0.789. The summed E-state index contributed by atoms with van der Waals surface area (Å²) >= 11 is 0. The van der Waals surface area contributed by atoms with Crippen LogP contribution in [0.4, 0.5) is 0 Å². The summed E-state index contributed by atoms with van der Waals surface area (Å²) in [7, 11) is 0. The van der Waals surface area contributed by atoms with Crippen LogP contribution in [-0.4, -0.2) is 63.8 Å². The highest BCUT2D eigenvalue weighted by Crippen LogP contribution is 2.41. The lowest BCUT2D eigenvalue weighted by atomic mass is 9.68. The van der Waals surface area contributed by atoms with E-state index in [1.54, 1.807) is 0 Å². The van der Waals surface area contributed by atoms with Crippen LogP contribution in [0, 0.1) is 11.3 Å². The van der Waals surface area contributed by atoms with Gasteiger partial charge in [0.05, 0.1) is 12.7 Å². The Morgan fingerprint density at radius 3 is 2.56 bits per heavy atom. The van der Waals surface area contributed by atoms with E-state index in [0.29, 0.717) is 5.92 Å². The molecule has 7 atom stereocenters. The Kier molecular flexibility index (Phi) is 6.81. The molecule has 25 heavy (non-hydrogen) atoms. The third kappa shape index (κ3) is 4.70. The molecule has 0 amide bonds. The van der Waals surface area contributed by atoms with Crippen molar-refractivity contribution in [2.75, 3.05) is 6.61 Å². The molecule has 0 saturated carbocycles. The van der Waals surface area contributed by atoms with Crippen molar-refractivity contribution < 1.29 is 29.9 Å². The van der Waals surface area contributed by atoms with Crippen molar-refractivity contribution in [1.82, 2.24) is 0 Å². The van der Waals surface area contributed by atoms with Crippen molar-refractivity contribution in [3.05, 3.63) is 23.8 Å². The van der Waals surface area contributed by atoms with E-state index in [2.05, 4.69) is 32.9 Å². The molecule has 1 aliphatic carbocycles. The van der Waals surface area contributed by atoms with Gasteiger partial charge >= 0.3 is 0 Å². The van der Waals surface area contributed by atoms with Crippen LogP contribution in [0.2, 0.25) is 0 Å². The molecular formula is C19H32O6. The zero-order valence-electron chi connectivity index (χ0n) is 15.5. The van der Waals surface area contributed by atoms with Crippen LogP contribution in [0.25, 0.3) is 0 Å². The van der Waals surface area contributed by atoms with Gasteiger partial charge in [-0.1, -0.05) is 37.6 Å². The van der Waals surface area contributed by atoms with E-state index in [1.807, 2.05) is 13.0 Å². The van der Waals surface area contributed by atoms with Gasteiger partial charge in [0.25, 0.3) is 0 Å². The van der Waals surface area contributed by atoms with Crippen LogP contribution < -0.4 is 0 Å². The van der Waals surface area contributed by atoms with Gasteiger partial charge in [-0.05, 0) is 32.1 Å². The number of rotatable bonds is 5. The second kappa shape index (κ2) is 8.29. The molecule has 2 aliphatic rings. The Morgan fingerprint density at radius 2 is 1.96 bits per heavy atom. The first-order valence-electron chi connectivity index (χ1n) is 8.98. The van der Waals surface area contributed by atoms with Gasteiger partial charge in [-0.15, -0.1) is 0 Å². The maximum absolute atomic E-state index is 10.0. The predicted molar refractivity (Wildman–Crippen MR) is 93.7 cm³/mol. The molecule has 6 heteroatoms. The predicted octanol–water partition coefficient (Wildman–Crippen LogP) is 1.13. The van der Waals surface area contributed by atoms with Gasteiger partial charge in [0.15, 0.2) is 6.29 Å². The van der Waals surface area contributed by atoms with Gasteiger partial charge in [0, 0.05) is 5.92 Å². The van der Waals surface area contributed by atoms with Crippen LogP contribution >= 0.6 is 0 Å². The van der Waals surface area contributed by atoms with Crippen molar-refractivity contribution in [2.45, 2.75) is 77.3 Å². The van der Waals surface area contributed by atoms with Crippen molar-refractivity contribution >= 4 is 0 Å². The molecule has 1 heterocycles. The smallest absolute Gasteiger partial charge is 0.187 e. The highest BCUT2D eigenvalue weighted by Gasteiger charge is 2.44. The molecule has 4 N–H and O–H groups in total. The highest BCUT2D eigenvalue weighted by atomic mass is 16.7. The van der Waals surface area contributed by atoms with Crippen LogP contribution in [0.15, 0.2) is 23.8 Å². The van der Waals surface area contributed by atoms with Crippen molar-refractivity contribution in [1.29, 1.82) is 0 Å². The third-order valence-corrected chi connectivity index (χ3v) is 5.36. The maximum Gasteiger partial charge on any atom is 0.187 e. The number of hydrogen-bond donors (Lipinski definition) is 4. The van der Waals surface area contributed by atoms with Crippen LogP contribution in [-0.2, 0) is 9.47 Å². The van der Waals surface area contributed by atoms with Gasteiger partial charge < -0.3 is 29.9 Å². The summed E-state index contributed by atoms with van der Waals surface area (Å²) in [6.45, 7) is 8.00. The van der Waals surface area contributed by atoms with Gasteiger partial charge in [-0.3, -0.25) is 0 Å². The third-order valence-electron chi connectivity index (χ3n) is 5.36. The van der Waals surface area contributed by atoms with Crippen LogP contribution in [0.1, 0.15) is 40.5 Å². The highest BCUT2D eigenvalue weighted by molar-refractivity contribution is 5.19. The Balaban J connectivity index is 2.00. The fourth-order valence-corrected chi connectivity index (χ4v) is 3.69. The van der Waals surface area contributed by atoms with E-state index in [0.717, 1.165) is 12.8 Å². The second-order valence-corrected chi connectivity index (χ2v) is 7.88. The zero-order chi connectivity index (χ0) is 18.8. The summed E-state index contributed by atoms with van der Waals surface area (Å²) in [5.74, 6) is 0.321. The summed E-state index contributed by atoms with van der Waals surface area (Å²) in [5, 5.41) is 38.9. The average molecular weight is 356 g/mol. The summed E-state index contributed by atoms with van der Waals surface area (Å²) in [4.78, 5) is 0. The molecule has 0 unspecified atom stereocenters. The molecule has 0 bridgehead atoms. The molecular weight excluding hydrogens is 324 g/mol. The minimum Gasteiger partial charge on any atom is -0.394 e. The Morgan fingerprint density at radius 1 is 1.28 bits per heavy atom. The standard InChI is InChI=1S/C19H32O6/c1-11-6-5-9-19(3,4)13(11)8-7-12(2)24-18-17(23)16(22)15(21)14(10-20)25-18/h6-8,12-18,20-23H,5,9-10H2,1-4H3/b8-7+/t12-,13+,14+,15+,16-,17+,18+/m0/s1. The normalized spacial score (nSPS) is 40.1. The van der Waals surface area contributed by atoms with Gasteiger partial charge in [-0.2, -0.15) is 0 Å². The molecule has 0 spiro atoms. The lowest BCUT2D eigenvalue weighted by Crippen LogP contribution is -2.59. The molecule has 0 aromatic rings. The van der Waals surface area contributed by atoms with Crippen molar-refractivity contribution in [3.63, 3.8) is 0 Å². The Labute approximate surface area is 149 Å². The monoisotopic (exact) mass is 356 g/mol.